The van der Waals surface area contributed by atoms with Crippen LogP contribution >= 0.6 is 0 Å². The van der Waals surface area contributed by atoms with Crippen molar-refractivity contribution in [1.29, 1.82) is 0 Å². The summed E-state index contributed by atoms with van der Waals surface area (Å²) in [4.78, 5) is 30.1. The monoisotopic (exact) mass is 512 g/mol. The number of likely N-dealkylation sites (tertiary alicyclic amines) is 1. The van der Waals surface area contributed by atoms with Crippen LogP contribution in [0.3, 0.4) is 0 Å². The van der Waals surface area contributed by atoms with Gasteiger partial charge in [0.15, 0.2) is 9.84 Å². The SMILES string of the molecule is Cc1cc(S(C)(=O)=O)ccc1-c1ccc(C(=O)N(C2CC2)C2CCN(C(=O)OC(C)(C)C)CC2)cc1. The third-order valence-electron chi connectivity index (χ3n) is 6.75. The maximum absolute atomic E-state index is 13.6. The van der Waals surface area contributed by atoms with Gasteiger partial charge in [-0.25, -0.2) is 13.2 Å². The standard InChI is InChI=1S/C28H36N2O5S/c1-19-18-24(36(5,33)34)12-13-25(19)20-6-8-21(9-7-20)26(31)30(22-10-11-22)23-14-16-29(17-15-23)27(32)35-28(2,3)4/h6-9,12-13,18,22-23H,10-11,14-17H2,1-5H3. The Labute approximate surface area is 214 Å². The number of benzene rings is 2. The fraction of sp³-hybridized carbons (Fsp3) is 0.500. The molecule has 0 aromatic heterocycles. The highest BCUT2D eigenvalue weighted by atomic mass is 32.2. The van der Waals surface area contributed by atoms with E-state index in [0.29, 0.717) is 23.5 Å². The van der Waals surface area contributed by atoms with Crippen LogP contribution in [0.25, 0.3) is 11.1 Å². The molecule has 2 aromatic rings. The highest BCUT2D eigenvalue weighted by Gasteiger charge is 2.39. The average Bonchev–Trinajstić information content (AvgIpc) is 3.63. The summed E-state index contributed by atoms with van der Waals surface area (Å²) in [7, 11) is -3.26. The summed E-state index contributed by atoms with van der Waals surface area (Å²) in [5, 5.41) is 0. The highest BCUT2D eigenvalue weighted by Crippen LogP contribution is 2.34. The van der Waals surface area contributed by atoms with E-state index in [-0.39, 0.29) is 24.1 Å². The molecule has 194 valence electrons. The Morgan fingerprint density at radius 2 is 1.53 bits per heavy atom. The van der Waals surface area contributed by atoms with Gasteiger partial charge in [-0.15, -0.1) is 0 Å². The zero-order valence-corrected chi connectivity index (χ0v) is 22.6. The zero-order chi connectivity index (χ0) is 26.3. The molecule has 0 bridgehead atoms. The number of nitrogens with zero attached hydrogens (tertiary/aromatic N) is 2. The second-order valence-electron chi connectivity index (χ2n) is 11.0. The summed E-state index contributed by atoms with van der Waals surface area (Å²) in [6.45, 7) is 8.64. The predicted octanol–water partition coefficient (Wildman–Crippen LogP) is 5.07. The third kappa shape index (κ3) is 6.09. The lowest BCUT2D eigenvalue weighted by Crippen LogP contribution is -2.50. The van der Waals surface area contributed by atoms with Crippen molar-refractivity contribution in [3.8, 4) is 11.1 Å². The zero-order valence-electron chi connectivity index (χ0n) is 21.8. The van der Waals surface area contributed by atoms with Crippen molar-refractivity contribution < 1.29 is 22.7 Å². The van der Waals surface area contributed by atoms with E-state index in [4.69, 9.17) is 4.74 Å². The van der Waals surface area contributed by atoms with Crippen LogP contribution in [0.5, 0.6) is 0 Å². The molecule has 2 amide bonds. The molecule has 0 N–H and O–H groups in total. The Morgan fingerprint density at radius 3 is 2.03 bits per heavy atom. The molecule has 0 radical (unpaired) electrons. The number of carbonyl (C=O) groups is 2. The van der Waals surface area contributed by atoms with Gasteiger partial charge in [-0.05, 0) is 94.3 Å². The smallest absolute Gasteiger partial charge is 0.410 e. The maximum atomic E-state index is 13.6. The molecule has 0 unspecified atom stereocenters. The van der Waals surface area contributed by atoms with Gasteiger partial charge in [-0.3, -0.25) is 4.79 Å². The maximum Gasteiger partial charge on any atom is 0.410 e. The first kappa shape index (κ1) is 26.2. The van der Waals surface area contributed by atoms with Gasteiger partial charge in [0.05, 0.1) is 4.90 Å². The van der Waals surface area contributed by atoms with Crippen molar-refractivity contribution in [1.82, 2.24) is 9.80 Å². The van der Waals surface area contributed by atoms with E-state index in [2.05, 4.69) is 0 Å². The third-order valence-corrected chi connectivity index (χ3v) is 7.86. The minimum absolute atomic E-state index is 0.0314. The molecule has 8 heteroatoms. The Hall–Kier alpha value is -2.87. The van der Waals surface area contributed by atoms with Crippen LogP contribution in [-0.2, 0) is 14.6 Å². The Kier molecular flexibility index (Phi) is 7.19. The first-order valence-corrected chi connectivity index (χ1v) is 14.4. The van der Waals surface area contributed by atoms with Crippen LogP contribution in [0.2, 0.25) is 0 Å². The van der Waals surface area contributed by atoms with Crippen LogP contribution in [0.1, 0.15) is 62.4 Å². The van der Waals surface area contributed by atoms with Gasteiger partial charge < -0.3 is 14.5 Å². The molecule has 0 atom stereocenters. The first-order chi connectivity index (χ1) is 16.8. The molecule has 1 aliphatic carbocycles. The number of piperidine rings is 1. The minimum atomic E-state index is -3.26. The molecule has 0 spiro atoms. The molecule has 2 aromatic carbocycles. The van der Waals surface area contributed by atoms with Gasteiger partial charge in [0.1, 0.15) is 5.60 Å². The van der Waals surface area contributed by atoms with E-state index < -0.39 is 15.4 Å². The summed E-state index contributed by atoms with van der Waals surface area (Å²) < 4.78 is 29.2. The predicted molar refractivity (Wildman–Crippen MR) is 140 cm³/mol. The number of hydrogen-bond acceptors (Lipinski definition) is 5. The van der Waals surface area contributed by atoms with Gasteiger partial charge in [0.2, 0.25) is 0 Å². The van der Waals surface area contributed by atoms with Crippen molar-refractivity contribution in [2.45, 2.75) is 76.0 Å². The molecule has 2 aliphatic rings. The lowest BCUT2D eigenvalue weighted by Gasteiger charge is -2.39. The van der Waals surface area contributed by atoms with Crippen LogP contribution in [0.4, 0.5) is 4.79 Å². The van der Waals surface area contributed by atoms with Gasteiger partial charge >= 0.3 is 6.09 Å². The van der Waals surface area contributed by atoms with E-state index >= 15 is 0 Å². The fourth-order valence-electron chi connectivity index (χ4n) is 4.77. The van der Waals surface area contributed by atoms with E-state index in [1.165, 1.54) is 6.26 Å². The lowest BCUT2D eigenvalue weighted by atomic mass is 9.98. The van der Waals surface area contributed by atoms with Gasteiger partial charge in [0.25, 0.3) is 5.91 Å². The van der Waals surface area contributed by atoms with E-state index in [1.54, 1.807) is 17.0 Å². The Morgan fingerprint density at radius 1 is 0.944 bits per heavy atom. The summed E-state index contributed by atoms with van der Waals surface area (Å²) >= 11 is 0. The van der Waals surface area contributed by atoms with Crippen molar-refractivity contribution in [2.24, 2.45) is 0 Å². The number of hydrogen-bond donors (Lipinski definition) is 0. The largest absolute Gasteiger partial charge is 0.444 e. The van der Waals surface area contributed by atoms with E-state index in [9.17, 15) is 18.0 Å². The van der Waals surface area contributed by atoms with Crippen LogP contribution in [0, 0.1) is 6.92 Å². The number of amides is 2. The van der Waals surface area contributed by atoms with Gasteiger partial charge in [-0.1, -0.05) is 18.2 Å². The summed E-state index contributed by atoms with van der Waals surface area (Å²) in [6.07, 6.45) is 4.43. The molecule has 7 nitrogen and oxygen atoms in total. The van der Waals surface area contributed by atoms with Crippen LogP contribution in [0.15, 0.2) is 47.4 Å². The molecule has 1 heterocycles. The van der Waals surface area contributed by atoms with E-state index in [0.717, 1.165) is 42.4 Å². The van der Waals surface area contributed by atoms with Crippen molar-refractivity contribution in [2.75, 3.05) is 19.3 Å². The van der Waals surface area contributed by atoms with Crippen molar-refractivity contribution in [3.05, 3.63) is 53.6 Å². The lowest BCUT2D eigenvalue weighted by molar-refractivity contribution is 0.0142. The van der Waals surface area contributed by atoms with Crippen molar-refractivity contribution >= 4 is 21.8 Å². The number of ether oxygens (including phenoxy) is 1. The van der Waals surface area contributed by atoms with E-state index in [1.807, 2.05) is 62.9 Å². The molecule has 1 aliphatic heterocycles. The Balaban J connectivity index is 1.45. The van der Waals surface area contributed by atoms with Gasteiger partial charge in [-0.2, -0.15) is 0 Å². The minimum Gasteiger partial charge on any atom is -0.444 e. The second kappa shape index (κ2) is 9.88. The molecular weight excluding hydrogens is 476 g/mol. The quantitative estimate of drug-likeness (QED) is 0.559. The van der Waals surface area contributed by atoms with Crippen molar-refractivity contribution in [3.63, 3.8) is 0 Å². The molecule has 1 saturated carbocycles. The fourth-order valence-corrected chi connectivity index (χ4v) is 5.47. The van der Waals surface area contributed by atoms with Crippen LogP contribution in [-0.4, -0.2) is 67.2 Å². The molecule has 4 rings (SSSR count). The van der Waals surface area contributed by atoms with Crippen LogP contribution < -0.4 is 0 Å². The number of carbonyl (C=O) groups excluding carboxylic acids is 2. The number of aryl methyl sites for hydroxylation is 1. The normalized spacial score (nSPS) is 17.1. The Bertz CT molecular complexity index is 1240. The first-order valence-electron chi connectivity index (χ1n) is 12.6. The molecule has 2 fully saturated rings. The number of rotatable bonds is 5. The second-order valence-corrected chi connectivity index (χ2v) is 13.0. The van der Waals surface area contributed by atoms with Gasteiger partial charge in [0, 0.05) is 37.0 Å². The summed E-state index contributed by atoms with van der Waals surface area (Å²) in [5.41, 5.74) is 2.87. The highest BCUT2D eigenvalue weighted by molar-refractivity contribution is 7.90. The average molecular weight is 513 g/mol. The summed E-state index contributed by atoms with van der Waals surface area (Å²) in [6, 6.07) is 13.0. The summed E-state index contributed by atoms with van der Waals surface area (Å²) in [5.74, 6) is 0.0314. The topological polar surface area (TPSA) is 84.0 Å². The number of sulfone groups is 1. The molecular formula is C28H36N2O5S. The molecule has 1 saturated heterocycles. The molecule has 36 heavy (non-hydrogen) atoms.